The van der Waals surface area contributed by atoms with Gasteiger partial charge in [0.15, 0.2) is 0 Å². The fraction of sp³-hybridized carbons (Fsp3) is 0. The van der Waals surface area contributed by atoms with Crippen LogP contribution in [0, 0.1) is 5.82 Å². The Morgan fingerprint density at radius 2 is 1.61 bits per heavy atom. The SMILES string of the molecule is O=c1nc(-c2cc(Cl)cc(Cl)c2)oc(=O)n1-c1ccc(F)cc1. The predicted octanol–water partition coefficient (Wildman–Crippen LogP) is 3.30. The number of rotatable bonds is 2. The van der Waals surface area contributed by atoms with Crippen molar-refractivity contribution in [2.75, 3.05) is 0 Å². The topological polar surface area (TPSA) is 65.1 Å². The molecule has 3 rings (SSSR count). The Kier molecular flexibility index (Phi) is 4.02. The zero-order chi connectivity index (χ0) is 16.6. The molecular formula is C15H7Cl2FN2O3. The van der Waals surface area contributed by atoms with Gasteiger partial charge in [0, 0.05) is 15.6 Å². The molecule has 0 saturated carbocycles. The lowest BCUT2D eigenvalue weighted by Gasteiger charge is -2.05. The zero-order valence-corrected chi connectivity index (χ0v) is 12.8. The van der Waals surface area contributed by atoms with Gasteiger partial charge in [-0.15, -0.1) is 0 Å². The number of halogens is 3. The Labute approximate surface area is 138 Å². The molecule has 3 aromatic rings. The van der Waals surface area contributed by atoms with Crippen LogP contribution in [0.5, 0.6) is 0 Å². The molecule has 0 amide bonds. The maximum atomic E-state index is 12.9. The fourth-order valence-electron chi connectivity index (χ4n) is 1.97. The van der Waals surface area contributed by atoms with E-state index in [0.717, 1.165) is 12.1 Å². The lowest BCUT2D eigenvalue weighted by Crippen LogP contribution is -2.33. The van der Waals surface area contributed by atoms with E-state index in [2.05, 4.69) is 4.98 Å². The Morgan fingerprint density at radius 3 is 2.17 bits per heavy atom. The summed E-state index contributed by atoms with van der Waals surface area (Å²) in [6.45, 7) is 0. The first-order chi connectivity index (χ1) is 10.9. The summed E-state index contributed by atoms with van der Waals surface area (Å²) in [6.07, 6.45) is 0. The third-order valence-corrected chi connectivity index (χ3v) is 3.39. The smallest absolute Gasteiger partial charge is 0.390 e. The van der Waals surface area contributed by atoms with E-state index in [4.69, 9.17) is 27.6 Å². The second-order valence-corrected chi connectivity index (χ2v) is 5.41. The predicted molar refractivity (Wildman–Crippen MR) is 83.8 cm³/mol. The summed E-state index contributed by atoms with van der Waals surface area (Å²) < 4.78 is 18.7. The van der Waals surface area contributed by atoms with Gasteiger partial charge in [-0.1, -0.05) is 23.2 Å². The quantitative estimate of drug-likeness (QED) is 0.709. The molecule has 23 heavy (non-hydrogen) atoms. The van der Waals surface area contributed by atoms with Gasteiger partial charge in [-0.3, -0.25) is 0 Å². The largest absolute Gasteiger partial charge is 0.429 e. The van der Waals surface area contributed by atoms with E-state index in [1.165, 1.54) is 30.3 Å². The van der Waals surface area contributed by atoms with Crippen LogP contribution in [0.4, 0.5) is 4.39 Å². The third kappa shape index (κ3) is 3.18. The van der Waals surface area contributed by atoms with Crippen molar-refractivity contribution in [2.45, 2.75) is 0 Å². The Balaban J connectivity index is 2.16. The van der Waals surface area contributed by atoms with Crippen LogP contribution in [-0.2, 0) is 0 Å². The van der Waals surface area contributed by atoms with Crippen LogP contribution in [0.15, 0.2) is 56.5 Å². The summed E-state index contributed by atoms with van der Waals surface area (Å²) in [5.41, 5.74) is -0.421. The molecule has 0 spiro atoms. The molecule has 0 bridgehead atoms. The van der Waals surface area contributed by atoms with Gasteiger partial charge in [-0.25, -0.2) is 14.0 Å². The van der Waals surface area contributed by atoms with Gasteiger partial charge < -0.3 is 4.42 Å². The minimum absolute atomic E-state index is 0.147. The molecular weight excluding hydrogens is 346 g/mol. The van der Waals surface area contributed by atoms with Crippen molar-refractivity contribution >= 4 is 23.2 Å². The first kappa shape index (κ1) is 15.5. The Hall–Kier alpha value is -2.44. The highest BCUT2D eigenvalue weighted by atomic mass is 35.5. The minimum atomic E-state index is -0.956. The minimum Gasteiger partial charge on any atom is -0.390 e. The summed E-state index contributed by atoms with van der Waals surface area (Å²) in [5.74, 6) is -1.66. The van der Waals surface area contributed by atoms with Crippen LogP contribution in [-0.4, -0.2) is 9.55 Å². The van der Waals surface area contributed by atoms with Crippen molar-refractivity contribution in [1.82, 2.24) is 9.55 Å². The molecule has 5 nitrogen and oxygen atoms in total. The highest BCUT2D eigenvalue weighted by Gasteiger charge is 2.13. The second-order valence-electron chi connectivity index (χ2n) is 4.54. The first-order valence-corrected chi connectivity index (χ1v) is 7.06. The second kappa shape index (κ2) is 5.98. The molecule has 0 fully saturated rings. The van der Waals surface area contributed by atoms with Gasteiger partial charge >= 0.3 is 11.4 Å². The van der Waals surface area contributed by atoms with E-state index < -0.39 is 17.3 Å². The molecule has 116 valence electrons. The van der Waals surface area contributed by atoms with Crippen LogP contribution in [0.25, 0.3) is 17.1 Å². The molecule has 0 atom stereocenters. The number of aromatic nitrogens is 2. The average Bonchev–Trinajstić information content (AvgIpc) is 2.47. The molecule has 1 heterocycles. The number of hydrogen-bond acceptors (Lipinski definition) is 4. The van der Waals surface area contributed by atoms with E-state index in [0.29, 0.717) is 20.2 Å². The van der Waals surface area contributed by atoms with Crippen molar-refractivity contribution in [3.63, 3.8) is 0 Å². The molecule has 1 aromatic heterocycles. The average molecular weight is 353 g/mol. The van der Waals surface area contributed by atoms with Crippen LogP contribution in [0.3, 0.4) is 0 Å². The summed E-state index contributed by atoms with van der Waals surface area (Å²) in [6, 6.07) is 9.18. The van der Waals surface area contributed by atoms with E-state index in [-0.39, 0.29) is 11.6 Å². The molecule has 2 aromatic carbocycles. The van der Waals surface area contributed by atoms with E-state index in [1.54, 1.807) is 0 Å². The van der Waals surface area contributed by atoms with Gasteiger partial charge in [0.1, 0.15) is 5.82 Å². The van der Waals surface area contributed by atoms with Gasteiger partial charge in [0.05, 0.1) is 5.69 Å². The Bertz CT molecular complexity index is 945. The van der Waals surface area contributed by atoms with Gasteiger partial charge in [0.25, 0.3) is 0 Å². The van der Waals surface area contributed by atoms with Crippen molar-refractivity contribution in [1.29, 1.82) is 0 Å². The number of hydrogen-bond donors (Lipinski definition) is 0. The lowest BCUT2D eigenvalue weighted by molar-refractivity contribution is 0.448. The maximum Gasteiger partial charge on any atom is 0.429 e. The normalized spacial score (nSPS) is 10.7. The van der Waals surface area contributed by atoms with Crippen molar-refractivity contribution in [3.05, 3.63) is 79.4 Å². The third-order valence-electron chi connectivity index (χ3n) is 2.95. The standard InChI is InChI=1S/C15H7Cl2FN2O3/c16-9-5-8(6-10(17)7-9)13-19-14(21)20(15(22)23-13)12-3-1-11(18)2-4-12/h1-7H. The molecule has 8 heteroatoms. The molecule has 0 N–H and O–H groups in total. The van der Waals surface area contributed by atoms with Crippen molar-refractivity contribution in [3.8, 4) is 17.1 Å². The lowest BCUT2D eigenvalue weighted by atomic mass is 10.2. The number of nitrogens with zero attached hydrogens (tertiary/aromatic N) is 2. The highest BCUT2D eigenvalue weighted by molar-refractivity contribution is 6.35. The Morgan fingerprint density at radius 1 is 1.00 bits per heavy atom. The summed E-state index contributed by atoms with van der Waals surface area (Å²) >= 11 is 11.7. The van der Waals surface area contributed by atoms with E-state index in [1.807, 2.05) is 0 Å². The van der Waals surface area contributed by atoms with Crippen LogP contribution < -0.4 is 11.4 Å². The van der Waals surface area contributed by atoms with Gasteiger partial charge in [-0.2, -0.15) is 9.55 Å². The van der Waals surface area contributed by atoms with Crippen molar-refractivity contribution < 1.29 is 8.81 Å². The number of benzene rings is 2. The molecule has 0 unspecified atom stereocenters. The molecule has 0 aliphatic heterocycles. The van der Waals surface area contributed by atoms with Crippen LogP contribution in [0.2, 0.25) is 10.0 Å². The fourth-order valence-corrected chi connectivity index (χ4v) is 2.50. The highest BCUT2D eigenvalue weighted by Crippen LogP contribution is 2.24. The van der Waals surface area contributed by atoms with Crippen LogP contribution in [0.1, 0.15) is 0 Å². The molecule has 0 aliphatic carbocycles. The summed E-state index contributed by atoms with van der Waals surface area (Å²) in [4.78, 5) is 27.9. The zero-order valence-electron chi connectivity index (χ0n) is 11.3. The van der Waals surface area contributed by atoms with Gasteiger partial charge in [-0.05, 0) is 42.5 Å². The van der Waals surface area contributed by atoms with Crippen molar-refractivity contribution in [2.24, 2.45) is 0 Å². The monoisotopic (exact) mass is 352 g/mol. The van der Waals surface area contributed by atoms with Crippen LogP contribution >= 0.6 is 23.2 Å². The summed E-state index contributed by atoms with van der Waals surface area (Å²) in [5, 5.41) is 0.610. The molecule has 0 saturated heterocycles. The first-order valence-electron chi connectivity index (χ1n) is 6.30. The van der Waals surface area contributed by atoms with E-state index in [9.17, 15) is 14.0 Å². The molecule has 0 aliphatic rings. The van der Waals surface area contributed by atoms with E-state index >= 15 is 0 Å². The maximum absolute atomic E-state index is 12.9. The molecule has 0 radical (unpaired) electrons. The van der Waals surface area contributed by atoms with Gasteiger partial charge in [0.2, 0.25) is 5.89 Å². The summed E-state index contributed by atoms with van der Waals surface area (Å²) in [7, 11) is 0.